The molecule has 1 heterocycles. The fraction of sp³-hybridized carbons (Fsp3) is 0.933. The molecule has 1 fully saturated rings. The first kappa shape index (κ1) is 17.4. The van der Waals surface area contributed by atoms with Crippen molar-refractivity contribution in [2.75, 3.05) is 54.0 Å². The van der Waals surface area contributed by atoms with Gasteiger partial charge in [0.15, 0.2) is 0 Å². The highest BCUT2D eigenvalue weighted by Gasteiger charge is 2.19. The Morgan fingerprint density at radius 3 is 2.65 bits per heavy atom. The van der Waals surface area contributed by atoms with Crippen LogP contribution in [0.2, 0.25) is 0 Å². The molecule has 0 saturated carbocycles. The Labute approximate surface area is 123 Å². The van der Waals surface area contributed by atoms with Crippen LogP contribution in [0.3, 0.4) is 0 Å². The van der Waals surface area contributed by atoms with Crippen LogP contribution >= 0.6 is 0 Å². The van der Waals surface area contributed by atoms with Gasteiger partial charge < -0.3 is 19.9 Å². The summed E-state index contributed by atoms with van der Waals surface area (Å²) < 4.78 is 4.77. The van der Waals surface area contributed by atoms with Crippen LogP contribution in [0.15, 0.2) is 0 Å². The molecule has 0 aromatic carbocycles. The maximum Gasteiger partial charge on any atom is 0.245 e. The molecule has 0 aliphatic carbocycles. The van der Waals surface area contributed by atoms with Crippen molar-refractivity contribution in [2.45, 2.75) is 38.1 Å². The number of nitrogens with one attached hydrogen (secondary N) is 1. The minimum Gasteiger partial charge on any atom is -0.375 e. The minimum atomic E-state index is -0.0176. The molecule has 0 aromatic heterocycles. The summed E-state index contributed by atoms with van der Waals surface area (Å²) in [6.45, 7) is 4.54. The number of rotatable bonds is 9. The van der Waals surface area contributed by atoms with Gasteiger partial charge in [-0.05, 0) is 59.4 Å². The van der Waals surface area contributed by atoms with Crippen LogP contribution in [0.4, 0.5) is 0 Å². The summed E-state index contributed by atoms with van der Waals surface area (Å²) in [6.07, 6.45) is 6.02. The van der Waals surface area contributed by atoms with Gasteiger partial charge in [-0.2, -0.15) is 0 Å². The van der Waals surface area contributed by atoms with E-state index in [1.54, 1.807) is 7.11 Å². The topological polar surface area (TPSA) is 44.8 Å². The highest BCUT2D eigenvalue weighted by Crippen LogP contribution is 2.14. The molecule has 118 valence electrons. The third kappa shape index (κ3) is 7.22. The van der Waals surface area contributed by atoms with E-state index in [1.165, 1.54) is 45.3 Å². The predicted octanol–water partition coefficient (Wildman–Crippen LogP) is 0.945. The summed E-state index contributed by atoms with van der Waals surface area (Å²) in [5.41, 5.74) is 0. The summed E-state index contributed by atoms with van der Waals surface area (Å²) in [5, 5.41) is 2.86. The summed E-state index contributed by atoms with van der Waals surface area (Å²) in [5.74, 6) is -0.0176. The molecular formula is C15H31N3O2. The second-order valence-corrected chi connectivity index (χ2v) is 5.86. The Hall–Kier alpha value is -0.650. The average Bonchev–Trinajstić information content (AvgIpc) is 2.43. The molecule has 20 heavy (non-hydrogen) atoms. The van der Waals surface area contributed by atoms with Crippen molar-refractivity contribution in [3.8, 4) is 0 Å². The van der Waals surface area contributed by atoms with E-state index >= 15 is 0 Å². The van der Waals surface area contributed by atoms with Crippen LogP contribution in [-0.4, -0.2) is 75.7 Å². The van der Waals surface area contributed by atoms with Crippen molar-refractivity contribution in [1.29, 1.82) is 0 Å². The summed E-state index contributed by atoms with van der Waals surface area (Å²) in [6, 6.07) is 0.757. The Balaban J connectivity index is 1.96. The van der Waals surface area contributed by atoms with E-state index < -0.39 is 0 Å². The highest BCUT2D eigenvalue weighted by atomic mass is 16.5. The number of hydrogen-bond acceptors (Lipinski definition) is 4. The monoisotopic (exact) mass is 285 g/mol. The highest BCUT2D eigenvalue weighted by molar-refractivity contribution is 5.77. The van der Waals surface area contributed by atoms with Gasteiger partial charge in [-0.1, -0.05) is 6.42 Å². The number of unbranched alkanes of at least 4 members (excludes halogenated alkanes) is 2. The van der Waals surface area contributed by atoms with Crippen LogP contribution < -0.4 is 5.32 Å². The van der Waals surface area contributed by atoms with E-state index in [0.29, 0.717) is 0 Å². The molecule has 1 saturated heterocycles. The van der Waals surface area contributed by atoms with Crippen LogP contribution in [0.1, 0.15) is 32.1 Å². The Kier molecular flexibility index (Phi) is 8.82. The number of carbonyl (C=O) groups excluding carboxylic acids is 1. The summed E-state index contributed by atoms with van der Waals surface area (Å²) >= 11 is 0. The maximum absolute atomic E-state index is 11.2. The second-order valence-electron chi connectivity index (χ2n) is 5.86. The van der Waals surface area contributed by atoms with Gasteiger partial charge in [-0.25, -0.2) is 0 Å². The van der Waals surface area contributed by atoms with Crippen molar-refractivity contribution in [1.82, 2.24) is 15.1 Å². The SMILES string of the molecule is COCC(=O)NCCCCCN(C)C1CCN(C)CC1. The first-order chi connectivity index (χ1) is 9.63. The van der Waals surface area contributed by atoms with Crippen LogP contribution in [-0.2, 0) is 9.53 Å². The number of carbonyl (C=O) groups is 1. The van der Waals surface area contributed by atoms with Gasteiger partial charge in [0.1, 0.15) is 6.61 Å². The van der Waals surface area contributed by atoms with Crippen LogP contribution in [0, 0.1) is 0 Å². The maximum atomic E-state index is 11.2. The molecule has 1 aliphatic rings. The quantitative estimate of drug-likeness (QED) is 0.641. The largest absolute Gasteiger partial charge is 0.375 e. The first-order valence-electron chi connectivity index (χ1n) is 7.78. The Morgan fingerprint density at radius 1 is 1.30 bits per heavy atom. The average molecular weight is 285 g/mol. The summed E-state index contributed by atoms with van der Waals surface area (Å²) in [7, 11) is 5.99. The number of nitrogens with zero attached hydrogens (tertiary/aromatic N) is 2. The minimum absolute atomic E-state index is 0.0176. The zero-order valence-corrected chi connectivity index (χ0v) is 13.4. The zero-order valence-electron chi connectivity index (χ0n) is 13.4. The number of hydrogen-bond donors (Lipinski definition) is 1. The first-order valence-corrected chi connectivity index (χ1v) is 7.78. The van der Waals surface area contributed by atoms with Gasteiger partial charge in [0, 0.05) is 19.7 Å². The van der Waals surface area contributed by atoms with Gasteiger partial charge in [-0.3, -0.25) is 4.79 Å². The zero-order chi connectivity index (χ0) is 14.8. The normalized spacial score (nSPS) is 17.6. The molecule has 0 bridgehead atoms. The fourth-order valence-electron chi connectivity index (χ4n) is 2.69. The molecule has 0 atom stereocenters. The number of ether oxygens (including phenoxy) is 1. The molecule has 1 aliphatic heterocycles. The lowest BCUT2D eigenvalue weighted by Crippen LogP contribution is -2.42. The van der Waals surface area contributed by atoms with Crippen molar-refractivity contribution in [2.24, 2.45) is 0 Å². The lowest BCUT2D eigenvalue weighted by molar-refractivity contribution is -0.124. The number of methoxy groups -OCH3 is 1. The lowest BCUT2D eigenvalue weighted by Gasteiger charge is -2.35. The van der Waals surface area contributed by atoms with Gasteiger partial charge in [0.05, 0.1) is 0 Å². The molecule has 1 amide bonds. The Bertz CT molecular complexity index is 266. The summed E-state index contributed by atoms with van der Waals surface area (Å²) in [4.78, 5) is 16.1. The smallest absolute Gasteiger partial charge is 0.245 e. The Morgan fingerprint density at radius 2 is 2.00 bits per heavy atom. The predicted molar refractivity (Wildman–Crippen MR) is 81.9 cm³/mol. The van der Waals surface area contributed by atoms with E-state index in [0.717, 1.165) is 19.0 Å². The van der Waals surface area contributed by atoms with Crippen molar-refractivity contribution in [3.05, 3.63) is 0 Å². The molecule has 0 radical (unpaired) electrons. The molecule has 0 spiro atoms. The van der Waals surface area contributed by atoms with Crippen molar-refractivity contribution in [3.63, 3.8) is 0 Å². The van der Waals surface area contributed by atoms with E-state index in [1.807, 2.05) is 0 Å². The van der Waals surface area contributed by atoms with Crippen molar-refractivity contribution >= 4 is 5.91 Å². The van der Waals surface area contributed by atoms with E-state index in [2.05, 4.69) is 29.2 Å². The second kappa shape index (κ2) is 10.1. The van der Waals surface area contributed by atoms with Gasteiger partial charge in [0.25, 0.3) is 0 Å². The molecule has 1 N–H and O–H groups in total. The molecule has 1 rings (SSSR count). The molecule has 5 heteroatoms. The molecule has 0 unspecified atom stereocenters. The lowest BCUT2D eigenvalue weighted by atomic mass is 10.0. The molecule has 0 aromatic rings. The third-order valence-corrected chi connectivity index (χ3v) is 4.10. The fourth-order valence-corrected chi connectivity index (χ4v) is 2.69. The van der Waals surface area contributed by atoms with Crippen LogP contribution in [0.25, 0.3) is 0 Å². The van der Waals surface area contributed by atoms with Gasteiger partial charge in [0.2, 0.25) is 5.91 Å². The van der Waals surface area contributed by atoms with E-state index in [9.17, 15) is 4.79 Å². The third-order valence-electron chi connectivity index (χ3n) is 4.10. The number of piperidine rings is 1. The number of amides is 1. The number of likely N-dealkylation sites (tertiary alicyclic amines) is 1. The molecule has 5 nitrogen and oxygen atoms in total. The van der Waals surface area contributed by atoms with Crippen molar-refractivity contribution < 1.29 is 9.53 Å². The van der Waals surface area contributed by atoms with Gasteiger partial charge >= 0.3 is 0 Å². The standard InChI is InChI=1S/C15H31N3O2/c1-17-11-7-14(8-12-17)18(2)10-6-4-5-9-16-15(19)13-20-3/h14H,4-13H2,1-3H3,(H,16,19). The van der Waals surface area contributed by atoms with E-state index in [-0.39, 0.29) is 12.5 Å². The molecular weight excluding hydrogens is 254 g/mol. The van der Waals surface area contributed by atoms with Crippen LogP contribution in [0.5, 0.6) is 0 Å². The van der Waals surface area contributed by atoms with Gasteiger partial charge in [-0.15, -0.1) is 0 Å². The van der Waals surface area contributed by atoms with E-state index in [4.69, 9.17) is 4.74 Å².